The fraction of sp³-hybridized carbons (Fsp3) is 0.667. The van der Waals surface area contributed by atoms with Crippen LogP contribution in [0, 0.1) is 5.92 Å². The Morgan fingerprint density at radius 3 is 2.53 bits per heavy atom. The molecule has 0 saturated carbocycles. The van der Waals surface area contributed by atoms with Crippen molar-refractivity contribution in [3.8, 4) is 0 Å². The van der Waals surface area contributed by atoms with Crippen LogP contribution < -0.4 is 5.32 Å². The number of hydrogen-bond acceptors (Lipinski definition) is 4. The minimum Gasteiger partial charge on any atom is -0.343 e. The second kappa shape index (κ2) is 5.38. The number of rotatable bonds is 3. The van der Waals surface area contributed by atoms with Crippen molar-refractivity contribution in [2.75, 3.05) is 19.6 Å². The lowest BCUT2D eigenvalue weighted by molar-refractivity contribution is -0.142. The number of hydrogen-bond donors (Lipinski definition) is 1. The van der Waals surface area contributed by atoms with E-state index in [0.717, 1.165) is 30.8 Å². The van der Waals surface area contributed by atoms with Crippen molar-refractivity contribution in [3.05, 3.63) is 0 Å². The number of nitrogens with one attached hydrogen (secondary N) is 1. The van der Waals surface area contributed by atoms with Crippen LogP contribution in [0.1, 0.15) is 26.2 Å². The molecule has 1 N–H and O–H groups in total. The summed E-state index contributed by atoms with van der Waals surface area (Å²) < 4.78 is 0. The van der Waals surface area contributed by atoms with Gasteiger partial charge in [0.25, 0.3) is 0 Å². The number of urea groups is 1. The minimum absolute atomic E-state index is 0.0254. The van der Waals surface area contributed by atoms with Crippen LogP contribution in [0.5, 0.6) is 0 Å². The SMILES string of the molecule is CC1C(=O)NC(=O)N(CCC(=O)N2CCCC2)C1=O. The predicted octanol–water partition coefficient (Wildman–Crippen LogP) is -0.287. The average Bonchev–Trinajstić information content (AvgIpc) is 2.89. The van der Waals surface area contributed by atoms with Gasteiger partial charge in [-0.2, -0.15) is 0 Å². The Morgan fingerprint density at radius 2 is 1.89 bits per heavy atom. The number of barbiturate groups is 1. The van der Waals surface area contributed by atoms with Gasteiger partial charge >= 0.3 is 6.03 Å². The van der Waals surface area contributed by atoms with Crippen LogP contribution in [0.4, 0.5) is 4.79 Å². The van der Waals surface area contributed by atoms with Crippen LogP contribution >= 0.6 is 0 Å². The molecular formula is C12H17N3O4. The van der Waals surface area contributed by atoms with E-state index in [1.165, 1.54) is 6.92 Å². The van der Waals surface area contributed by atoms with Crippen molar-refractivity contribution >= 4 is 23.8 Å². The first-order valence-electron chi connectivity index (χ1n) is 6.44. The summed E-state index contributed by atoms with van der Waals surface area (Å²) in [5, 5.41) is 2.11. The summed E-state index contributed by atoms with van der Waals surface area (Å²) in [7, 11) is 0. The monoisotopic (exact) mass is 267 g/mol. The molecule has 1 unspecified atom stereocenters. The van der Waals surface area contributed by atoms with Gasteiger partial charge < -0.3 is 4.90 Å². The number of likely N-dealkylation sites (tertiary alicyclic amines) is 1. The standard InChI is InChI=1S/C12H17N3O4/c1-8-10(17)13-12(19)15(11(8)18)7-4-9(16)14-5-2-3-6-14/h8H,2-7H2,1H3,(H,13,17,19). The second-order valence-corrected chi connectivity index (χ2v) is 4.84. The molecule has 2 saturated heterocycles. The number of amides is 5. The van der Waals surface area contributed by atoms with E-state index >= 15 is 0 Å². The Balaban J connectivity index is 1.91. The van der Waals surface area contributed by atoms with Crippen molar-refractivity contribution in [2.24, 2.45) is 5.92 Å². The molecule has 0 aromatic carbocycles. The highest BCUT2D eigenvalue weighted by Crippen LogP contribution is 2.12. The highest BCUT2D eigenvalue weighted by Gasteiger charge is 2.37. The summed E-state index contributed by atoms with van der Waals surface area (Å²) in [5.74, 6) is -2.05. The van der Waals surface area contributed by atoms with Crippen LogP contribution in [-0.4, -0.2) is 53.2 Å². The Morgan fingerprint density at radius 1 is 1.26 bits per heavy atom. The van der Waals surface area contributed by atoms with E-state index in [1.54, 1.807) is 4.90 Å². The summed E-state index contributed by atoms with van der Waals surface area (Å²) in [6, 6.07) is -0.734. The molecule has 2 heterocycles. The molecule has 0 aromatic heterocycles. The molecule has 104 valence electrons. The third-order valence-corrected chi connectivity index (χ3v) is 3.51. The van der Waals surface area contributed by atoms with E-state index < -0.39 is 23.8 Å². The molecule has 5 amide bonds. The van der Waals surface area contributed by atoms with Crippen LogP contribution in [0.25, 0.3) is 0 Å². The van der Waals surface area contributed by atoms with Crippen LogP contribution in [0.2, 0.25) is 0 Å². The molecule has 7 nitrogen and oxygen atoms in total. The third-order valence-electron chi connectivity index (χ3n) is 3.51. The lowest BCUT2D eigenvalue weighted by Gasteiger charge is -2.28. The Kier molecular flexibility index (Phi) is 3.82. The van der Waals surface area contributed by atoms with Gasteiger partial charge in [-0.1, -0.05) is 0 Å². The topological polar surface area (TPSA) is 86.8 Å². The van der Waals surface area contributed by atoms with Gasteiger partial charge in [0.2, 0.25) is 17.7 Å². The number of carbonyl (C=O) groups excluding carboxylic acids is 4. The quantitative estimate of drug-likeness (QED) is 0.712. The van der Waals surface area contributed by atoms with E-state index in [9.17, 15) is 19.2 Å². The first kappa shape index (κ1) is 13.5. The molecule has 0 spiro atoms. The summed E-state index contributed by atoms with van der Waals surface area (Å²) in [6.45, 7) is 2.96. The minimum atomic E-state index is -0.875. The zero-order chi connectivity index (χ0) is 14.0. The first-order valence-corrected chi connectivity index (χ1v) is 6.44. The Bertz CT molecular complexity index is 429. The maximum atomic E-state index is 11.8. The maximum Gasteiger partial charge on any atom is 0.330 e. The van der Waals surface area contributed by atoms with Gasteiger partial charge in [0.1, 0.15) is 5.92 Å². The molecule has 1 atom stereocenters. The summed E-state index contributed by atoms with van der Waals surface area (Å²) in [6.07, 6.45) is 2.11. The number of imide groups is 2. The van der Waals surface area contributed by atoms with E-state index in [2.05, 4.69) is 5.32 Å². The van der Waals surface area contributed by atoms with Crippen LogP contribution in [0.15, 0.2) is 0 Å². The largest absolute Gasteiger partial charge is 0.343 e. The fourth-order valence-electron chi connectivity index (χ4n) is 2.27. The Labute approximate surface area is 110 Å². The van der Waals surface area contributed by atoms with Crippen molar-refractivity contribution in [1.29, 1.82) is 0 Å². The fourth-order valence-corrected chi connectivity index (χ4v) is 2.27. The zero-order valence-electron chi connectivity index (χ0n) is 10.8. The molecule has 0 aliphatic carbocycles. The molecule has 2 aliphatic heterocycles. The lowest BCUT2D eigenvalue weighted by Crippen LogP contribution is -2.57. The Hall–Kier alpha value is -1.92. The smallest absolute Gasteiger partial charge is 0.330 e. The molecule has 7 heteroatoms. The molecule has 0 aromatic rings. The molecule has 2 aliphatic rings. The van der Waals surface area contributed by atoms with E-state index in [-0.39, 0.29) is 18.9 Å². The lowest BCUT2D eigenvalue weighted by atomic mass is 10.1. The summed E-state index contributed by atoms with van der Waals surface area (Å²) in [4.78, 5) is 49.1. The highest BCUT2D eigenvalue weighted by molar-refractivity contribution is 6.15. The first-order chi connectivity index (χ1) is 9.00. The van der Waals surface area contributed by atoms with Crippen LogP contribution in [-0.2, 0) is 14.4 Å². The number of carbonyl (C=O) groups is 4. The average molecular weight is 267 g/mol. The van der Waals surface area contributed by atoms with E-state index in [1.807, 2.05) is 0 Å². The van der Waals surface area contributed by atoms with Gasteiger partial charge in [-0.3, -0.25) is 24.6 Å². The van der Waals surface area contributed by atoms with Gasteiger partial charge in [-0.05, 0) is 19.8 Å². The van der Waals surface area contributed by atoms with Crippen molar-refractivity contribution in [1.82, 2.24) is 15.1 Å². The van der Waals surface area contributed by atoms with Gasteiger partial charge in [0.15, 0.2) is 0 Å². The molecule has 2 fully saturated rings. The summed E-state index contributed by atoms with van der Waals surface area (Å²) in [5.41, 5.74) is 0. The maximum absolute atomic E-state index is 11.8. The summed E-state index contributed by atoms with van der Waals surface area (Å²) >= 11 is 0. The van der Waals surface area contributed by atoms with Crippen molar-refractivity contribution < 1.29 is 19.2 Å². The third kappa shape index (κ3) is 2.74. The van der Waals surface area contributed by atoms with Gasteiger partial charge in [-0.15, -0.1) is 0 Å². The van der Waals surface area contributed by atoms with E-state index in [0.29, 0.717) is 0 Å². The molecule has 19 heavy (non-hydrogen) atoms. The van der Waals surface area contributed by atoms with Crippen LogP contribution in [0.3, 0.4) is 0 Å². The normalized spacial score (nSPS) is 23.8. The van der Waals surface area contributed by atoms with E-state index in [4.69, 9.17) is 0 Å². The molecule has 0 radical (unpaired) electrons. The molecular weight excluding hydrogens is 250 g/mol. The molecule has 0 bridgehead atoms. The van der Waals surface area contributed by atoms with Gasteiger partial charge in [0.05, 0.1) is 0 Å². The molecule has 2 rings (SSSR count). The van der Waals surface area contributed by atoms with Gasteiger partial charge in [-0.25, -0.2) is 4.79 Å². The predicted molar refractivity (Wildman–Crippen MR) is 64.8 cm³/mol. The van der Waals surface area contributed by atoms with Gasteiger partial charge in [0, 0.05) is 26.1 Å². The zero-order valence-corrected chi connectivity index (χ0v) is 10.8. The highest BCUT2D eigenvalue weighted by atomic mass is 16.2. The van der Waals surface area contributed by atoms with Crippen molar-refractivity contribution in [2.45, 2.75) is 26.2 Å². The second-order valence-electron chi connectivity index (χ2n) is 4.84. The number of nitrogens with zero attached hydrogens (tertiary/aromatic N) is 2. The van der Waals surface area contributed by atoms with Crippen molar-refractivity contribution in [3.63, 3.8) is 0 Å².